The minimum Gasteiger partial charge on any atom is -0.337 e. The molecule has 2 aromatic rings. The summed E-state index contributed by atoms with van der Waals surface area (Å²) in [6.07, 6.45) is 2.98. The molecule has 1 heterocycles. The Morgan fingerprint density at radius 2 is 2.18 bits per heavy atom. The van der Waals surface area contributed by atoms with Gasteiger partial charge >= 0.3 is 0 Å². The molecule has 0 saturated heterocycles. The number of rotatable bonds is 2. The number of nitrogens with two attached hydrogens (primary N) is 1. The summed E-state index contributed by atoms with van der Waals surface area (Å²) in [5.74, 6) is 1.15. The molecule has 1 aliphatic carbocycles. The standard InChI is InChI=1S/C12H12BrN3O/c13-9-4-1-3-8(7-9)10-15-11(17-16-10)12(14)5-2-6-12/h1,3-4,7H,2,5-6,14H2. The minimum atomic E-state index is -0.392. The van der Waals surface area contributed by atoms with Crippen molar-refractivity contribution in [3.63, 3.8) is 0 Å². The van der Waals surface area contributed by atoms with Crippen LogP contribution >= 0.6 is 15.9 Å². The van der Waals surface area contributed by atoms with Gasteiger partial charge in [-0.05, 0) is 31.4 Å². The topological polar surface area (TPSA) is 64.9 Å². The Labute approximate surface area is 107 Å². The van der Waals surface area contributed by atoms with E-state index < -0.39 is 5.54 Å². The molecule has 1 fully saturated rings. The number of aromatic nitrogens is 2. The van der Waals surface area contributed by atoms with E-state index >= 15 is 0 Å². The van der Waals surface area contributed by atoms with E-state index in [9.17, 15) is 0 Å². The maximum atomic E-state index is 6.14. The van der Waals surface area contributed by atoms with Gasteiger partial charge in [-0.3, -0.25) is 0 Å². The van der Waals surface area contributed by atoms with Crippen LogP contribution in [0, 0.1) is 0 Å². The van der Waals surface area contributed by atoms with Gasteiger partial charge in [0, 0.05) is 10.0 Å². The van der Waals surface area contributed by atoms with Gasteiger partial charge in [0.05, 0.1) is 5.54 Å². The molecule has 3 rings (SSSR count). The van der Waals surface area contributed by atoms with Crippen molar-refractivity contribution in [1.82, 2.24) is 10.1 Å². The highest BCUT2D eigenvalue weighted by Gasteiger charge is 2.39. The molecule has 1 aromatic carbocycles. The van der Waals surface area contributed by atoms with Crippen molar-refractivity contribution in [2.24, 2.45) is 5.73 Å². The van der Waals surface area contributed by atoms with Crippen molar-refractivity contribution in [3.8, 4) is 11.4 Å². The van der Waals surface area contributed by atoms with Crippen LogP contribution in [-0.2, 0) is 5.54 Å². The fourth-order valence-corrected chi connectivity index (χ4v) is 2.34. The van der Waals surface area contributed by atoms with E-state index in [1.54, 1.807) is 0 Å². The van der Waals surface area contributed by atoms with Crippen molar-refractivity contribution in [3.05, 3.63) is 34.6 Å². The lowest BCUT2D eigenvalue weighted by atomic mass is 9.78. The summed E-state index contributed by atoms with van der Waals surface area (Å²) in [6.45, 7) is 0. The quantitative estimate of drug-likeness (QED) is 0.925. The molecule has 0 atom stereocenters. The molecule has 88 valence electrons. The van der Waals surface area contributed by atoms with Gasteiger partial charge in [-0.25, -0.2) is 0 Å². The third-order valence-corrected chi connectivity index (χ3v) is 3.67. The van der Waals surface area contributed by atoms with Crippen LogP contribution in [-0.4, -0.2) is 10.1 Å². The van der Waals surface area contributed by atoms with Crippen molar-refractivity contribution in [2.45, 2.75) is 24.8 Å². The molecule has 5 heteroatoms. The van der Waals surface area contributed by atoms with Crippen LogP contribution in [0.25, 0.3) is 11.4 Å². The fourth-order valence-electron chi connectivity index (χ4n) is 1.94. The molecule has 0 spiro atoms. The molecule has 0 radical (unpaired) electrons. The maximum Gasteiger partial charge on any atom is 0.247 e. The number of hydrogen-bond donors (Lipinski definition) is 1. The molecule has 0 bridgehead atoms. The highest BCUT2D eigenvalue weighted by Crippen LogP contribution is 2.38. The highest BCUT2D eigenvalue weighted by molar-refractivity contribution is 9.10. The van der Waals surface area contributed by atoms with Crippen LogP contribution in [0.5, 0.6) is 0 Å². The van der Waals surface area contributed by atoms with Crippen molar-refractivity contribution in [1.29, 1.82) is 0 Å². The first-order chi connectivity index (χ1) is 8.17. The van der Waals surface area contributed by atoms with Crippen LogP contribution in [0.15, 0.2) is 33.3 Å². The van der Waals surface area contributed by atoms with Crippen LogP contribution < -0.4 is 5.73 Å². The van der Waals surface area contributed by atoms with Gasteiger partial charge in [0.15, 0.2) is 0 Å². The van der Waals surface area contributed by atoms with Gasteiger partial charge in [0.1, 0.15) is 0 Å². The average Bonchev–Trinajstić information content (AvgIpc) is 2.75. The van der Waals surface area contributed by atoms with E-state index in [1.165, 1.54) is 0 Å². The zero-order valence-corrected chi connectivity index (χ0v) is 10.8. The van der Waals surface area contributed by atoms with E-state index in [0.717, 1.165) is 29.3 Å². The number of hydrogen-bond acceptors (Lipinski definition) is 4. The van der Waals surface area contributed by atoms with Crippen molar-refractivity contribution < 1.29 is 4.52 Å². The Balaban J connectivity index is 1.95. The minimum absolute atomic E-state index is 0.392. The predicted molar refractivity (Wildman–Crippen MR) is 67.2 cm³/mol. The zero-order chi connectivity index (χ0) is 11.9. The summed E-state index contributed by atoms with van der Waals surface area (Å²) in [6, 6.07) is 7.81. The number of halogens is 1. The lowest BCUT2D eigenvalue weighted by Crippen LogP contribution is -2.43. The van der Waals surface area contributed by atoms with Gasteiger partial charge in [0.2, 0.25) is 11.7 Å². The molecule has 2 N–H and O–H groups in total. The summed E-state index contributed by atoms with van der Waals surface area (Å²) in [5.41, 5.74) is 6.68. The predicted octanol–water partition coefficient (Wildman–Crippen LogP) is 2.84. The first-order valence-electron chi connectivity index (χ1n) is 5.56. The summed E-state index contributed by atoms with van der Waals surface area (Å²) in [7, 11) is 0. The lowest BCUT2D eigenvalue weighted by Gasteiger charge is -2.33. The van der Waals surface area contributed by atoms with Crippen LogP contribution in [0.3, 0.4) is 0 Å². The summed E-state index contributed by atoms with van der Waals surface area (Å²) >= 11 is 3.42. The van der Waals surface area contributed by atoms with E-state index in [-0.39, 0.29) is 0 Å². The molecule has 0 unspecified atom stereocenters. The molecule has 1 aromatic heterocycles. The Hall–Kier alpha value is -1.20. The van der Waals surface area contributed by atoms with E-state index in [4.69, 9.17) is 10.3 Å². The van der Waals surface area contributed by atoms with Crippen LogP contribution in [0.2, 0.25) is 0 Å². The van der Waals surface area contributed by atoms with E-state index in [0.29, 0.717) is 11.7 Å². The second kappa shape index (κ2) is 3.92. The Kier molecular flexibility index (Phi) is 2.52. The first kappa shape index (κ1) is 10.9. The fraction of sp³-hybridized carbons (Fsp3) is 0.333. The molecule has 1 aliphatic rings. The first-order valence-corrected chi connectivity index (χ1v) is 6.36. The normalized spacial score (nSPS) is 17.8. The lowest BCUT2D eigenvalue weighted by molar-refractivity contribution is 0.181. The summed E-state index contributed by atoms with van der Waals surface area (Å²) in [4.78, 5) is 4.39. The van der Waals surface area contributed by atoms with Crippen LogP contribution in [0.1, 0.15) is 25.2 Å². The molecule has 0 aliphatic heterocycles. The van der Waals surface area contributed by atoms with Gasteiger partial charge in [-0.15, -0.1) is 0 Å². The Morgan fingerprint density at radius 1 is 1.35 bits per heavy atom. The van der Waals surface area contributed by atoms with Crippen LogP contribution in [0.4, 0.5) is 0 Å². The van der Waals surface area contributed by atoms with E-state index in [2.05, 4.69) is 26.1 Å². The highest BCUT2D eigenvalue weighted by atomic mass is 79.9. The van der Waals surface area contributed by atoms with Gasteiger partial charge < -0.3 is 10.3 Å². The Morgan fingerprint density at radius 3 is 2.82 bits per heavy atom. The number of nitrogens with zero attached hydrogens (tertiary/aromatic N) is 2. The van der Waals surface area contributed by atoms with Crippen molar-refractivity contribution >= 4 is 15.9 Å². The average molecular weight is 294 g/mol. The second-order valence-electron chi connectivity index (χ2n) is 4.44. The zero-order valence-electron chi connectivity index (χ0n) is 9.19. The summed E-state index contributed by atoms with van der Waals surface area (Å²) in [5, 5.41) is 3.99. The Bertz CT molecular complexity index is 548. The SMILES string of the molecule is NC1(c2nc(-c3cccc(Br)c3)no2)CCC1. The van der Waals surface area contributed by atoms with E-state index in [1.807, 2.05) is 24.3 Å². The van der Waals surface area contributed by atoms with Gasteiger partial charge in [-0.2, -0.15) is 4.98 Å². The molecule has 1 saturated carbocycles. The third kappa shape index (κ3) is 1.89. The van der Waals surface area contributed by atoms with Crippen molar-refractivity contribution in [2.75, 3.05) is 0 Å². The molecule has 4 nitrogen and oxygen atoms in total. The largest absolute Gasteiger partial charge is 0.337 e. The molecule has 0 amide bonds. The smallest absolute Gasteiger partial charge is 0.247 e. The monoisotopic (exact) mass is 293 g/mol. The second-order valence-corrected chi connectivity index (χ2v) is 5.36. The molecular weight excluding hydrogens is 282 g/mol. The van der Waals surface area contributed by atoms with Gasteiger partial charge in [0.25, 0.3) is 0 Å². The van der Waals surface area contributed by atoms with Gasteiger partial charge in [-0.1, -0.05) is 33.2 Å². The molecule has 17 heavy (non-hydrogen) atoms. The maximum absolute atomic E-state index is 6.14. The number of benzene rings is 1. The third-order valence-electron chi connectivity index (χ3n) is 3.18. The molecular formula is C12H12BrN3O. The summed E-state index contributed by atoms with van der Waals surface area (Å²) < 4.78 is 6.26.